The third-order valence-corrected chi connectivity index (χ3v) is 5.21. The van der Waals surface area contributed by atoms with Crippen LogP contribution in [0.5, 0.6) is 5.75 Å². The second-order valence-electron chi connectivity index (χ2n) is 6.16. The molecule has 0 saturated heterocycles. The molecule has 0 radical (unpaired) electrons. The molecule has 2 amide bonds. The summed E-state index contributed by atoms with van der Waals surface area (Å²) >= 11 is 10.8. The maximum atomic E-state index is 12.3. The fraction of sp³-hybridized carbons (Fsp3) is 0.333. The summed E-state index contributed by atoms with van der Waals surface area (Å²) in [6.07, 6.45) is 0. The van der Waals surface area contributed by atoms with Crippen LogP contribution in [0.2, 0.25) is 5.02 Å². The lowest BCUT2D eigenvalue weighted by Gasteiger charge is -2.16. The van der Waals surface area contributed by atoms with Gasteiger partial charge in [0.1, 0.15) is 5.75 Å². The number of benzene rings is 1. The Bertz CT molecular complexity index is 794. The van der Waals surface area contributed by atoms with Crippen molar-refractivity contribution in [3.8, 4) is 5.75 Å². The number of carbonyl (C=O) groups is 2. The van der Waals surface area contributed by atoms with E-state index >= 15 is 0 Å². The molecule has 0 aliphatic carbocycles. The molecular weight excluding hydrogens is 440 g/mol. The number of ether oxygens (including phenoxy) is 1. The van der Waals surface area contributed by atoms with E-state index in [1.807, 2.05) is 0 Å². The average molecular weight is 460 g/mol. The molecule has 8 heteroatoms. The molecule has 0 aliphatic rings. The first-order valence-corrected chi connectivity index (χ1v) is 9.98. The number of anilines is 1. The van der Waals surface area contributed by atoms with Crippen LogP contribution in [-0.4, -0.2) is 36.9 Å². The van der Waals surface area contributed by atoms with Crippen molar-refractivity contribution in [2.75, 3.05) is 25.5 Å². The fourth-order valence-corrected chi connectivity index (χ4v) is 3.67. The van der Waals surface area contributed by atoms with Crippen LogP contribution >= 0.6 is 38.9 Å². The van der Waals surface area contributed by atoms with Crippen molar-refractivity contribution in [2.24, 2.45) is 5.92 Å². The zero-order chi connectivity index (χ0) is 19.3. The quantitative estimate of drug-likeness (QED) is 0.640. The maximum absolute atomic E-state index is 12.3. The molecule has 26 heavy (non-hydrogen) atoms. The second-order valence-corrected chi connectivity index (χ2v) is 9.03. The molecular formula is C18H20BrClN2O3S. The average Bonchev–Trinajstić information content (AvgIpc) is 2.99. The Morgan fingerprint density at radius 3 is 2.62 bits per heavy atom. The topological polar surface area (TPSA) is 58.6 Å². The Hall–Kier alpha value is -1.57. The minimum absolute atomic E-state index is 0.0580. The number of likely N-dealkylation sites (N-methyl/N-ethyl adjacent to an activating group) is 1. The van der Waals surface area contributed by atoms with Crippen molar-refractivity contribution in [3.63, 3.8) is 0 Å². The van der Waals surface area contributed by atoms with Crippen molar-refractivity contribution in [1.29, 1.82) is 0 Å². The Labute approximate surface area is 170 Å². The van der Waals surface area contributed by atoms with E-state index in [9.17, 15) is 9.59 Å². The van der Waals surface area contributed by atoms with Crippen LogP contribution < -0.4 is 10.1 Å². The van der Waals surface area contributed by atoms with Gasteiger partial charge in [0.25, 0.3) is 5.91 Å². The standard InChI is InChI=1S/C18H20BrClN2O3S/c1-11(2)10-25-14-5-4-12(8-13(14)20)21-17(23)9-22(3)18(24)15-6-7-16(19)26-15/h4-8,11H,9-10H2,1-3H3,(H,21,23). The number of halogens is 2. The number of hydrogen-bond donors (Lipinski definition) is 1. The summed E-state index contributed by atoms with van der Waals surface area (Å²) in [7, 11) is 1.59. The second kappa shape index (κ2) is 9.39. The number of hydrogen-bond acceptors (Lipinski definition) is 4. The van der Waals surface area contributed by atoms with Crippen molar-refractivity contribution < 1.29 is 14.3 Å². The predicted octanol–water partition coefficient (Wildman–Crippen LogP) is 4.91. The van der Waals surface area contributed by atoms with E-state index in [0.717, 1.165) is 3.79 Å². The molecule has 0 atom stereocenters. The van der Waals surface area contributed by atoms with Gasteiger partial charge in [-0.05, 0) is 52.2 Å². The van der Waals surface area contributed by atoms with Gasteiger partial charge in [0.05, 0.1) is 26.8 Å². The normalized spacial score (nSPS) is 10.7. The maximum Gasteiger partial charge on any atom is 0.264 e. The van der Waals surface area contributed by atoms with Crippen LogP contribution in [0, 0.1) is 5.92 Å². The lowest BCUT2D eigenvalue weighted by molar-refractivity contribution is -0.116. The van der Waals surface area contributed by atoms with Crippen molar-refractivity contribution in [2.45, 2.75) is 13.8 Å². The van der Waals surface area contributed by atoms with E-state index in [1.165, 1.54) is 16.2 Å². The first-order valence-electron chi connectivity index (χ1n) is 7.99. The molecule has 0 fully saturated rings. The van der Waals surface area contributed by atoms with E-state index in [-0.39, 0.29) is 18.4 Å². The molecule has 2 aromatic rings. The first kappa shape index (κ1) is 20.7. The molecule has 0 bridgehead atoms. The molecule has 0 saturated carbocycles. The van der Waals surface area contributed by atoms with Gasteiger partial charge in [-0.15, -0.1) is 11.3 Å². The SMILES string of the molecule is CC(C)COc1ccc(NC(=O)CN(C)C(=O)c2ccc(Br)s2)cc1Cl. The van der Waals surface area contributed by atoms with E-state index < -0.39 is 0 Å². The Morgan fingerprint density at radius 1 is 1.31 bits per heavy atom. The van der Waals surface area contributed by atoms with Crippen LogP contribution in [0.4, 0.5) is 5.69 Å². The minimum atomic E-state index is -0.302. The molecule has 0 aliphatic heterocycles. The molecule has 1 aromatic heterocycles. The van der Waals surface area contributed by atoms with Gasteiger partial charge in [-0.2, -0.15) is 0 Å². The summed E-state index contributed by atoms with van der Waals surface area (Å²) in [6, 6.07) is 8.60. The van der Waals surface area contributed by atoms with Gasteiger partial charge < -0.3 is 15.0 Å². The molecule has 0 unspecified atom stereocenters. The van der Waals surface area contributed by atoms with Gasteiger partial charge in [-0.3, -0.25) is 9.59 Å². The van der Waals surface area contributed by atoms with E-state index in [2.05, 4.69) is 35.1 Å². The zero-order valence-corrected chi connectivity index (χ0v) is 17.9. The monoisotopic (exact) mass is 458 g/mol. The highest BCUT2D eigenvalue weighted by Gasteiger charge is 2.17. The van der Waals surface area contributed by atoms with E-state index in [1.54, 1.807) is 37.4 Å². The number of thiophene rings is 1. The number of nitrogens with zero attached hydrogens (tertiary/aromatic N) is 1. The summed E-state index contributed by atoms with van der Waals surface area (Å²) < 4.78 is 6.47. The van der Waals surface area contributed by atoms with Crippen LogP contribution in [0.3, 0.4) is 0 Å². The molecule has 5 nitrogen and oxygen atoms in total. The van der Waals surface area contributed by atoms with Gasteiger partial charge in [0.15, 0.2) is 0 Å². The van der Waals surface area contributed by atoms with E-state index in [0.29, 0.717) is 33.9 Å². The van der Waals surface area contributed by atoms with Gasteiger partial charge in [0.2, 0.25) is 5.91 Å². The highest BCUT2D eigenvalue weighted by molar-refractivity contribution is 9.11. The third kappa shape index (κ3) is 6.00. The summed E-state index contributed by atoms with van der Waals surface area (Å²) in [5, 5.41) is 3.17. The highest BCUT2D eigenvalue weighted by Crippen LogP contribution is 2.28. The first-order chi connectivity index (χ1) is 12.3. The van der Waals surface area contributed by atoms with Crippen molar-refractivity contribution >= 4 is 56.4 Å². The van der Waals surface area contributed by atoms with Gasteiger partial charge in [-0.25, -0.2) is 0 Å². The largest absolute Gasteiger partial charge is 0.492 e. The highest BCUT2D eigenvalue weighted by atomic mass is 79.9. The van der Waals surface area contributed by atoms with Crippen molar-refractivity contribution in [1.82, 2.24) is 4.90 Å². The Kier molecular flexibility index (Phi) is 7.49. The van der Waals surface area contributed by atoms with Crippen molar-refractivity contribution in [3.05, 3.63) is 44.0 Å². The van der Waals surface area contributed by atoms with Crippen LogP contribution in [0.25, 0.3) is 0 Å². The lowest BCUT2D eigenvalue weighted by Crippen LogP contribution is -2.34. The predicted molar refractivity (Wildman–Crippen MR) is 109 cm³/mol. The van der Waals surface area contributed by atoms with Gasteiger partial charge in [-0.1, -0.05) is 25.4 Å². The Morgan fingerprint density at radius 2 is 2.04 bits per heavy atom. The Balaban J connectivity index is 1.92. The van der Waals surface area contributed by atoms with Gasteiger partial charge >= 0.3 is 0 Å². The fourth-order valence-electron chi connectivity index (χ4n) is 2.06. The zero-order valence-electron chi connectivity index (χ0n) is 14.7. The molecule has 1 aromatic carbocycles. The van der Waals surface area contributed by atoms with E-state index in [4.69, 9.17) is 16.3 Å². The number of nitrogens with one attached hydrogen (secondary N) is 1. The lowest BCUT2D eigenvalue weighted by atomic mass is 10.2. The third-order valence-electron chi connectivity index (χ3n) is 3.30. The molecule has 0 spiro atoms. The summed E-state index contributed by atoms with van der Waals surface area (Å²) in [5.41, 5.74) is 0.552. The molecule has 140 valence electrons. The summed E-state index contributed by atoms with van der Waals surface area (Å²) in [4.78, 5) is 26.4. The van der Waals surface area contributed by atoms with Crippen LogP contribution in [0.1, 0.15) is 23.5 Å². The number of carbonyl (C=O) groups excluding carboxylic acids is 2. The number of rotatable bonds is 7. The smallest absolute Gasteiger partial charge is 0.264 e. The summed E-state index contributed by atoms with van der Waals surface area (Å²) in [5.74, 6) is 0.464. The van der Waals surface area contributed by atoms with Gasteiger partial charge in [0, 0.05) is 12.7 Å². The minimum Gasteiger partial charge on any atom is -0.492 e. The summed E-state index contributed by atoms with van der Waals surface area (Å²) in [6.45, 7) is 4.61. The van der Waals surface area contributed by atoms with Crippen LogP contribution in [-0.2, 0) is 4.79 Å². The molecule has 1 heterocycles. The number of amides is 2. The molecule has 2 rings (SSSR count). The van der Waals surface area contributed by atoms with Crippen LogP contribution in [0.15, 0.2) is 34.1 Å². The molecule has 1 N–H and O–H groups in total.